The molecule has 2 aromatic rings. The van der Waals surface area contributed by atoms with Crippen molar-refractivity contribution in [2.45, 2.75) is 51.0 Å². The molecule has 8 heteroatoms. The molecular formula is C22H24N4O4. The standard InChI is InChI=1S/C22H24N4O4/c1-14-24-20(28)16-5-4-10-23-19(16)26(14)15-6-11-25(12-7-15)21(29)17-13-18(27)30-22(17)8-2-3-9-22/h4-6,10,17H,2-3,7-9,11-13H2,1H3. The summed E-state index contributed by atoms with van der Waals surface area (Å²) in [7, 11) is 0. The van der Waals surface area contributed by atoms with E-state index in [-0.39, 0.29) is 29.8 Å². The van der Waals surface area contributed by atoms with Crippen molar-refractivity contribution < 1.29 is 14.3 Å². The second-order valence-corrected chi connectivity index (χ2v) is 8.41. The molecule has 0 radical (unpaired) electrons. The van der Waals surface area contributed by atoms with Crippen LogP contribution in [0.5, 0.6) is 0 Å². The molecule has 0 aromatic carbocycles. The maximum Gasteiger partial charge on any atom is 0.307 e. The van der Waals surface area contributed by atoms with E-state index >= 15 is 0 Å². The predicted octanol–water partition coefficient (Wildman–Crippen LogP) is 2.05. The molecule has 0 N–H and O–H groups in total. The van der Waals surface area contributed by atoms with Gasteiger partial charge in [0.25, 0.3) is 5.56 Å². The summed E-state index contributed by atoms with van der Waals surface area (Å²) in [5.41, 5.74) is 0.688. The zero-order valence-corrected chi connectivity index (χ0v) is 17.0. The molecule has 1 aliphatic carbocycles. The van der Waals surface area contributed by atoms with Crippen LogP contribution >= 0.6 is 0 Å². The Morgan fingerprint density at radius 2 is 2.07 bits per heavy atom. The Balaban J connectivity index is 1.42. The van der Waals surface area contributed by atoms with Crippen LogP contribution in [0.1, 0.15) is 44.3 Å². The molecule has 30 heavy (non-hydrogen) atoms. The number of ether oxygens (including phenoxy) is 1. The summed E-state index contributed by atoms with van der Waals surface area (Å²) in [6.07, 6.45) is 8.02. The Hall–Kier alpha value is -3.03. The van der Waals surface area contributed by atoms with Crippen molar-refractivity contribution >= 4 is 28.6 Å². The first-order chi connectivity index (χ1) is 14.5. The third kappa shape index (κ3) is 2.93. The van der Waals surface area contributed by atoms with Crippen LogP contribution in [-0.2, 0) is 14.3 Å². The van der Waals surface area contributed by atoms with Crippen molar-refractivity contribution in [2.24, 2.45) is 5.92 Å². The van der Waals surface area contributed by atoms with E-state index in [1.165, 1.54) is 0 Å². The van der Waals surface area contributed by atoms with Crippen molar-refractivity contribution in [1.82, 2.24) is 19.4 Å². The van der Waals surface area contributed by atoms with E-state index in [0.29, 0.717) is 36.4 Å². The lowest BCUT2D eigenvalue weighted by atomic mass is 9.84. The number of hydrogen-bond acceptors (Lipinski definition) is 6. The van der Waals surface area contributed by atoms with Gasteiger partial charge in [-0.25, -0.2) is 4.98 Å². The van der Waals surface area contributed by atoms with Gasteiger partial charge in [0.15, 0.2) is 5.65 Å². The van der Waals surface area contributed by atoms with Gasteiger partial charge in [-0.2, -0.15) is 4.98 Å². The van der Waals surface area contributed by atoms with E-state index in [1.54, 1.807) is 25.3 Å². The summed E-state index contributed by atoms with van der Waals surface area (Å²) in [6.45, 7) is 2.79. The predicted molar refractivity (Wildman–Crippen MR) is 109 cm³/mol. The summed E-state index contributed by atoms with van der Waals surface area (Å²) in [5, 5.41) is 0.479. The number of fused-ring (bicyclic) bond motifs is 1. The summed E-state index contributed by atoms with van der Waals surface area (Å²) in [5.74, 6) is -0.0375. The molecule has 2 aromatic heterocycles. The van der Waals surface area contributed by atoms with E-state index in [0.717, 1.165) is 31.4 Å². The second kappa shape index (κ2) is 7.04. The fourth-order valence-electron chi connectivity index (χ4n) is 5.21. The monoisotopic (exact) mass is 408 g/mol. The number of pyridine rings is 1. The number of aromatic nitrogens is 3. The number of carbonyl (C=O) groups excluding carboxylic acids is 2. The van der Waals surface area contributed by atoms with Crippen LogP contribution in [0.3, 0.4) is 0 Å². The van der Waals surface area contributed by atoms with Crippen LogP contribution in [0.25, 0.3) is 16.7 Å². The number of rotatable bonds is 2. The van der Waals surface area contributed by atoms with Crippen molar-refractivity contribution in [3.8, 4) is 0 Å². The minimum Gasteiger partial charge on any atom is -0.458 e. The highest BCUT2D eigenvalue weighted by Gasteiger charge is 2.54. The normalized spacial score (nSPS) is 23.1. The number of carbonyl (C=O) groups is 2. The zero-order chi connectivity index (χ0) is 20.9. The number of hydrogen-bond donors (Lipinski definition) is 0. The molecule has 0 bridgehead atoms. The molecule has 1 amide bonds. The summed E-state index contributed by atoms with van der Waals surface area (Å²) >= 11 is 0. The van der Waals surface area contributed by atoms with Crippen LogP contribution in [0.2, 0.25) is 0 Å². The third-order valence-electron chi connectivity index (χ3n) is 6.67. The molecule has 1 atom stereocenters. The van der Waals surface area contributed by atoms with Crippen LogP contribution in [-0.4, -0.2) is 50.0 Å². The molecule has 156 valence electrons. The lowest BCUT2D eigenvalue weighted by Gasteiger charge is -2.34. The fraction of sp³-hybridized carbons (Fsp3) is 0.500. The number of aryl methyl sites for hydroxylation is 1. The second-order valence-electron chi connectivity index (χ2n) is 8.41. The van der Waals surface area contributed by atoms with Crippen molar-refractivity contribution in [2.75, 3.05) is 13.1 Å². The molecule has 1 unspecified atom stereocenters. The summed E-state index contributed by atoms with van der Waals surface area (Å²) < 4.78 is 7.55. The van der Waals surface area contributed by atoms with Crippen molar-refractivity contribution in [3.05, 3.63) is 40.6 Å². The van der Waals surface area contributed by atoms with Gasteiger partial charge in [-0.15, -0.1) is 0 Å². The van der Waals surface area contributed by atoms with Gasteiger partial charge >= 0.3 is 5.97 Å². The topological polar surface area (TPSA) is 94.4 Å². The number of amides is 1. The van der Waals surface area contributed by atoms with E-state index in [2.05, 4.69) is 9.97 Å². The van der Waals surface area contributed by atoms with E-state index in [4.69, 9.17) is 4.74 Å². The largest absolute Gasteiger partial charge is 0.458 e. The Kier molecular flexibility index (Phi) is 4.45. The van der Waals surface area contributed by atoms with Crippen molar-refractivity contribution in [3.63, 3.8) is 0 Å². The lowest BCUT2D eigenvalue weighted by molar-refractivity contribution is -0.151. The Labute approximate surface area is 173 Å². The minimum absolute atomic E-state index is 0.00999. The zero-order valence-electron chi connectivity index (χ0n) is 17.0. The van der Waals surface area contributed by atoms with Crippen LogP contribution in [0.15, 0.2) is 29.2 Å². The summed E-state index contributed by atoms with van der Waals surface area (Å²) in [6, 6.07) is 3.45. The number of nitrogens with zero attached hydrogens (tertiary/aromatic N) is 4. The van der Waals surface area contributed by atoms with Gasteiger partial charge < -0.3 is 9.64 Å². The smallest absolute Gasteiger partial charge is 0.307 e. The Morgan fingerprint density at radius 1 is 1.27 bits per heavy atom. The lowest BCUT2D eigenvalue weighted by Crippen LogP contribution is -2.46. The van der Waals surface area contributed by atoms with Gasteiger partial charge in [0.05, 0.1) is 17.7 Å². The van der Waals surface area contributed by atoms with Gasteiger partial charge in [-0.3, -0.25) is 19.0 Å². The van der Waals surface area contributed by atoms with E-state index in [9.17, 15) is 14.4 Å². The van der Waals surface area contributed by atoms with E-state index in [1.807, 2.05) is 15.5 Å². The van der Waals surface area contributed by atoms with E-state index < -0.39 is 5.60 Å². The third-order valence-corrected chi connectivity index (χ3v) is 6.67. The van der Waals surface area contributed by atoms with Crippen LogP contribution in [0, 0.1) is 12.8 Å². The average Bonchev–Trinajstić information content (AvgIpc) is 3.34. The molecule has 2 fully saturated rings. The Morgan fingerprint density at radius 3 is 2.80 bits per heavy atom. The van der Waals surface area contributed by atoms with Gasteiger partial charge in [0, 0.05) is 31.4 Å². The molecular weight excluding hydrogens is 384 g/mol. The van der Waals surface area contributed by atoms with Gasteiger partial charge in [0.2, 0.25) is 5.91 Å². The first-order valence-electron chi connectivity index (χ1n) is 10.5. The number of esters is 1. The van der Waals surface area contributed by atoms with Crippen molar-refractivity contribution in [1.29, 1.82) is 0 Å². The molecule has 1 saturated carbocycles. The molecule has 3 aliphatic rings. The van der Waals surface area contributed by atoms with Gasteiger partial charge in [0.1, 0.15) is 11.4 Å². The fourth-order valence-corrected chi connectivity index (χ4v) is 5.21. The minimum atomic E-state index is -0.586. The average molecular weight is 408 g/mol. The highest BCUT2D eigenvalue weighted by atomic mass is 16.6. The van der Waals surface area contributed by atoms with Gasteiger partial charge in [-0.05, 0) is 50.8 Å². The molecule has 1 saturated heterocycles. The SMILES string of the molecule is Cc1nc(=O)c2cccnc2n1C1=CCN(C(=O)C2CC(=O)OC23CCCC3)CC1. The first kappa shape index (κ1) is 19.0. The summed E-state index contributed by atoms with van der Waals surface area (Å²) in [4.78, 5) is 47.8. The highest BCUT2D eigenvalue weighted by molar-refractivity contribution is 5.88. The Bertz CT molecular complexity index is 1130. The highest BCUT2D eigenvalue weighted by Crippen LogP contribution is 2.46. The maximum atomic E-state index is 13.3. The molecule has 4 heterocycles. The quantitative estimate of drug-likeness (QED) is 0.706. The van der Waals surface area contributed by atoms with Crippen LogP contribution in [0.4, 0.5) is 0 Å². The molecule has 1 spiro atoms. The molecule has 2 aliphatic heterocycles. The van der Waals surface area contributed by atoms with Crippen LogP contribution < -0.4 is 5.56 Å². The molecule has 8 nitrogen and oxygen atoms in total. The molecule has 5 rings (SSSR count). The maximum absolute atomic E-state index is 13.3. The van der Waals surface area contributed by atoms with Gasteiger partial charge in [-0.1, -0.05) is 0 Å². The first-order valence-corrected chi connectivity index (χ1v) is 10.5.